The lowest BCUT2D eigenvalue weighted by Gasteiger charge is -2.00. The van der Waals surface area contributed by atoms with Gasteiger partial charge in [-0.2, -0.15) is 0 Å². The van der Waals surface area contributed by atoms with Gasteiger partial charge in [-0.15, -0.1) is 0 Å². The second-order valence-electron chi connectivity index (χ2n) is 1.20. The number of hydrogen-bond donors (Lipinski definition) is 1. The highest BCUT2D eigenvalue weighted by Gasteiger charge is 1.90. The van der Waals surface area contributed by atoms with Crippen LogP contribution in [0.3, 0.4) is 0 Å². The van der Waals surface area contributed by atoms with Crippen molar-refractivity contribution >= 4 is 26.3 Å². The van der Waals surface area contributed by atoms with Gasteiger partial charge in [0, 0.05) is 12.4 Å². The van der Waals surface area contributed by atoms with Gasteiger partial charge < -0.3 is 5.32 Å². The van der Waals surface area contributed by atoms with Crippen LogP contribution < -0.4 is 5.32 Å². The summed E-state index contributed by atoms with van der Waals surface area (Å²) in [6, 6.07) is 0. The lowest BCUT2D eigenvalue weighted by atomic mass is 10.6. The van der Waals surface area contributed by atoms with Crippen LogP contribution in [0.15, 0.2) is 17.4 Å². The maximum atomic E-state index is 3.99. The van der Waals surface area contributed by atoms with Gasteiger partial charge >= 0.3 is 0 Å². The molecule has 0 radical (unpaired) electrons. The van der Waals surface area contributed by atoms with Crippen LogP contribution in [0.4, 0.5) is 0 Å². The minimum absolute atomic E-state index is 0.886. The van der Waals surface area contributed by atoms with E-state index >= 15 is 0 Å². The SMILES string of the molecule is IC1=NC=CNC1. The lowest BCUT2D eigenvalue weighted by molar-refractivity contribution is 1.00. The predicted octanol–water partition coefficient (Wildman–Crippen LogP) is 0.894. The van der Waals surface area contributed by atoms with Gasteiger partial charge in [-0.3, -0.25) is 4.99 Å². The summed E-state index contributed by atoms with van der Waals surface area (Å²) in [5.74, 6) is 0. The van der Waals surface area contributed by atoms with Crippen molar-refractivity contribution < 1.29 is 0 Å². The van der Waals surface area contributed by atoms with E-state index in [-0.39, 0.29) is 0 Å². The highest BCUT2D eigenvalue weighted by molar-refractivity contribution is 14.1. The first-order chi connectivity index (χ1) is 3.39. The fourth-order valence-corrected chi connectivity index (χ4v) is 0.741. The molecule has 7 heavy (non-hydrogen) atoms. The van der Waals surface area contributed by atoms with E-state index in [0.717, 1.165) is 10.3 Å². The van der Waals surface area contributed by atoms with Crippen LogP contribution in [0.25, 0.3) is 0 Å². The molecule has 0 aromatic rings. The van der Waals surface area contributed by atoms with E-state index in [9.17, 15) is 0 Å². The third kappa shape index (κ3) is 1.46. The molecule has 0 unspecified atom stereocenters. The number of hydrogen-bond acceptors (Lipinski definition) is 2. The number of nitrogens with zero attached hydrogens (tertiary/aromatic N) is 1. The summed E-state index contributed by atoms with van der Waals surface area (Å²) in [5.41, 5.74) is 0. The van der Waals surface area contributed by atoms with E-state index in [2.05, 4.69) is 32.9 Å². The van der Waals surface area contributed by atoms with Gasteiger partial charge in [0.1, 0.15) is 0 Å². The zero-order chi connectivity index (χ0) is 5.11. The Balaban J connectivity index is 2.57. The Morgan fingerprint density at radius 3 is 3.00 bits per heavy atom. The molecular formula is C4H5IN2. The van der Waals surface area contributed by atoms with E-state index < -0.39 is 0 Å². The van der Waals surface area contributed by atoms with Crippen molar-refractivity contribution in [2.75, 3.05) is 6.54 Å². The average Bonchev–Trinajstić information content (AvgIpc) is 1.69. The molecule has 1 aliphatic heterocycles. The quantitative estimate of drug-likeness (QED) is 0.587. The summed E-state index contributed by atoms with van der Waals surface area (Å²) in [6.45, 7) is 0.886. The maximum absolute atomic E-state index is 3.99. The number of rotatable bonds is 0. The average molecular weight is 208 g/mol. The van der Waals surface area contributed by atoms with E-state index in [1.54, 1.807) is 6.20 Å². The summed E-state index contributed by atoms with van der Waals surface area (Å²) in [7, 11) is 0. The van der Waals surface area contributed by atoms with Crippen molar-refractivity contribution in [1.29, 1.82) is 0 Å². The van der Waals surface area contributed by atoms with Crippen LogP contribution in [0, 0.1) is 0 Å². The number of aliphatic imine (C=N–C) groups is 1. The van der Waals surface area contributed by atoms with Gasteiger partial charge in [-0.1, -0.05) is 0 Å². The summed E-state index contributed by atoms with van der Waals surface area (Å²) >= 11 is 2.19. The van der Waals surface area contributed by atoms with E-state index in [1.165, 1.54) is 0 Å². The molecule has 1 N–H and O–H groups in total. The third-order valence-corrected chi connectivity index (χ3v) is 1.31. The topological polar surface area (TPSA) is 24.4 Å². The third-order valence-electron chi connectivity index (χ3n) is 0.655. The second-order valence-corrected chi connectivity index (χ2v) is 2.45. The standard InChI is InChI=1S/C4H5IN2/c5-4-3-6-1-2-7-4/h1-2,6H,3H2. The van der Waals surface area contributed by atoms with Crippen molar-refractivity contribution in [2.24, 2.45) is 4.99 Å². The van der Waals surface area contributed by atoms with Crippen molar-refractivity contribution in [3.05, 3.63) is 12.4 Å². The van der Waals surface area contributed by atoms with Crippen LogP contribution in [-0.4, -0.2) is 10.3 Å². The first-order valence-corrected chi connectivity index (χ1v) is 3.08. The van der Waals surface area contributed by atoms with Gasteiger partial charge in [-0.25, -0.2) is 0 Å². The van der Waals surface area contributed by atoms with E-state index in [0.29, 0.717) is 0 Å². The van der Waals surface area contributed by atoms with E-state index in [4.69, 9.17) is 0 Å². The van der Waals surface area contributed by atoms with Crippen LogP contribution in [0.5, 0.6) is 0 Å². The number of halogens is 1. The van der Waals surface area contributed by atoms with Crippen LogP contribution in [0.1, 0.15) is 0 Å². The summed E-state index contributed by atoms with van der Waals surface area (Å²) in [6.07, 6.45) is 3.59. The molecule has 0 aromatic carbocycles. The molecule has 2 nitrogen and oxygen atoms in total. The Hall–Kier alpha value is -0.0600. The summed E-state index contributed by atoms with van der Waals surface area (Å²) in [5, 5.41) is 3.02. The van der Waals surface area contributed by atoms with Crippen LogP contribution in [0.2, 0.25) is 0 Å². The monoisotopic (exact) mass is 208 g/mol. The Morgan fingerprint density at radius 2 is 2.71 bits per heavy atom. The van der Waals surface area contributed by atoms with Crippen molar-refractivity contribution in [3.8, 4) is 0 Å². The summed E-state index contributed by atoms with van der Waals surface area (Å²) < 4.78 is 1.11. The first kappa shape index (κ1) is 5.08. The molecule has 1 aliphatic rings. The summed E-state index contributed by atoms with van der Waals surface area (Å²) in [4.78, 5) is 3.99. The molecule has 0 spiro atoms. The highest BCUT2D eigenvalue weighted by Crippen LogP contribution is 1.93. The molecule has 0 aliphatic carbocycles. The molecule has 0 atom stereocenters. The Labute approximate surface area is 55.8 Å². The molecule has 1 rings (SSSR count). The van der Waals surface area contributed by atoms with Crippen molar-refractivity contribution in [3.63, 3.8) is 0 Å². The maximum Gasteiger partial charge on any atom is 0.0974 e. The molecule has 0 saturated heterocycles. The molecular weight excluding hydrogens is 203 g/mol. The minimum Gasteiger partial charge on any atom is -0.384 e. The molecule has 38 valence electrons. The Morgan fingerprint density at radius 1 is 1.86 bits per heavy atom. The van der Waals surface area contributed by atoms with Gasteiger partial charge in [-0.05, 0) is 22.6 Å². The Bertz CT molecular complexity index is 117. The first-order valence-electron chi connectivity index (χ1n) is 2.00. The molecule has 1 heterocycles. The molecule has 0 saturated carbocycles. The number of nitrogens with one attached hydrogen (secondary N) is 1. The fraction of sp³-hybridized carbons (Fsp3) is 0.250. The Kier molecular flexibility index (Phi) is 1.67. The highest BCUT2D eigenvalue weighted by atomic mass is 127. The minimum atomic E-state index is 0.886. The normalized spacial score (nSPS) is 18.1. The smallest absolute Gasteiger partial charge is 0.0974 e. The molecule has 0 fully saturated rings. The van der Waals surface area contributed by atoms with Gasteiger partial charge in [0.15, 0.2) is 0 Å². The molecule has 0 amide bonds. The van der Waals surface area contributed by atoms with Crippen LogP contribution >= 0.6 is 22.6 Å². The van der Waals surface area contributed by atoms with Crippen molar-refractivity contribution in [2.45, 2.75) is 0 Å². The second kappa shape index (κ2) is 2.30. The molecule has 3 heteroatoms. The molecule has 0 aromatic heterocycles. The van der Waals surface area contributed by atoms with Crippen molar-refractivity contribution in [1.82, 2.24) is 5.32 Å². The fourth-order valence-electron chi connectivity index (χ4n) is 0.360. The van der Waals surface area contributed by atoms with Gasteiger partial charge in [0.2, 0.25) is 0 Å². The largest absolute Gasteiger partial charge is 0.384 e. The zero-order valence-electron chi connectivity index (χ0n) is 3.69. The van der Waals surface area contributed by atoms with Gasteiger partial charge in [0.25, 0.3) is 0 Å². The molecule has 0 bridgehead atoms. The zero-order valence-corrected chi connectivity index (χ0v) is 5.84. The van der Waals surface area contributed by atoms with Crippen LogP contribution in [-0.2, 0) is 0 Å². The van der Waals surface area contributed by atoms with Gasteiger partial charge in [0.05, 0.1) is 10.3 Å². The lowest BCUT2D eigenvalue weighted by Crippen LogP contribution is -2.15. The van der Waals surface area contributed by atoms with E-state index in [1.807, 2.05) is 6.20 Å². The predicted molar refractivity (Wildman–Crippen MR) is 38.6 cm³/mol.